The fraction of sp³-hybridized carbons (Fsp3) is 0.538. The van der Waals surface area contributed by atoms with Gasteiger partial charge in [0.25, 0.3) is 0 Å². The van der Waals surface area contributed by atoms with Crippen molar-refractivity contribution < 1.29 is 9.13 Å². The van der Waals surface area contributed by atoms with E-state index in [4.69, 9.17) is 4.74 Å². The first-order chi connectivity index (χ1) is 8.08. The Hall–Kier alpha value is -0.610. The van der Waals surface area contributed by atoms with Gasteiger partial charge < -0.3 is 10.1 Å². The summed E-state index contributed by atoms with van der Waals surface area (Å²) in [7, 11) is 0. The quantitative estimate of drug-likeness (QED) is 0.897. The standard InChI is InChI=1S/C13H17BrFNO/c1-8(2)16-12-4-3-5-17-13-7-11(15)10(14)6-9(12)13/h6-8,12,16H,3-5H2,1-2H3. The Morgan fingerprint density at radius 3 is 2.94 bits per heavy atom. The SMILES string of the molecule is CC(C)NC1CCCOc2cc(F)c(Br)cc21. The van der Waals surface area contributed by atoms with E-state index in [0.717, 1.165) is 18.4 Å². The topological polar surface area (TPSA) is 21.3 Å². The molecule has 1 aromatic rings. The zero-order valence-corrected chi connectivity index (χ0v) is 11.7. The second kappa shape index (κ2) is 5.36. The first-order valence-corrected chi connectivity index (χ1v) is 6.75. The van der Waals surface area contributed by atoms with Crippen LogP contribution in [0.4, 0.5) is 4.39 Å². The second-order valence-corrected chi connectivity index (χ2v) is 5.52. The van der Waals surface area contributed by atoms with Crippen LogP contribution in [0.5, 0.6) is 5.75 Å². The lowest BCUT2D eigenvalue weighted by Gasteiger charge is -2.21. The fourth-order valence-corrected chi connectivity index (χ4v) is 2.50. The third-order valence-electron chi connectivity index (χ3n) is 2.86. The summed E-state index contributed by atoms with van der Waals surface area (Å²) in [6.45, 7) is 4.89. The van der Waals surface area contributed by atoms with Crippen LogP contribution < -0.4 is 10.1 Å². The van der Waals surface area contributed by atoms with Crippen molar-refractivity contribution in [2.45, 2.75) is 38.8 Å². The van der Waals surface area contributed by atoms with Crippen molar-refractivity contribution in [1.82, 2.24) is 5.32 Å². The summed E-state index contributed by atoms with van der Waals surface area (Å²) >= 11 is 3.24. The average molecular weight is 302 g/mol. The van der Waals surface area contributed by atoms with Crippen LogP contribution >= 0.6 is 15.9 Å². The lowest BCUT2D eigenvalue weighted by atomic mass is 10.0. The molecule has 0 aliphatic carbocycles. The van der Waals surface area contributed by atoms with Gasteiger partial charge in [-0.15, -0.1) is 0 Å². The molecule has 1 aliphatic rings. The van der Waals surface area contributed by atoms with E-state index in [9.17, 15) is 4.39 Å². The molecule has 0 saturated heterocycles. The maximum absolute atomic E-state index is 13.5. The molecule has 2 nitrogen and oxygen atoms in total. The number of fused-ring (bicyclic) bond motifs is 1. The minimum atomic E-state index is -0.269. The van der Waals surface area contributed by atoms with Gasteiger partial charge in [0.05, 0.1) is 11.1 Å². The summed E-state index contributed by atoms with van der Waals surface area (Å²) in [5.74, 6) is 0.398. The smallest absolute Gasteiger partial charge is 0.141 e. The molecule has 1 atom stereocenters. The van der Waals surface area contributed by atoms with Crippen LogP contribution in [0, 0.1) is 5.82 Å². The van der Waals surface area contributed by atoms with Crippen molar-refractivity contribution in [3.8, 4) is 5.75 Å². The maximum atomic E-state index is 13.5. The number of halogens is 2. The predicted octanol–water partition coefficient (Wildman–Crippen LogP) is 3.80. The van der Waals surface area contributed by atoms with Crippen molar-refractivity contribution in [2.75, 3.05) is 6.61 Å². The van der Waals surface area contributed by atoms with Crippen molar-refractivity contribution in [2.24, 2.45) is 0 Å². The third-order valence-corrected chi connectivity index (χ3v) is 3.47. The van der Waals surface area contributed by atoms with Crippen LogP contribution in [0.3, 0.4) is 0 Å². The molecule has 2 rings (SSSR count). The summed E-state index contributed by atoms with van der Waals surface area (Å²) in [6.07, 6.45) is 2.00. The number of hydrogen-bond donors (Lipinski definition) is 1. The largest absolute Gasteiger partial charge is 0.493 e. The molecule has 1 aliphatic heterocycles. The molecule has 0 fully saturated rings. The molecule has 0 radical (unpaired) electrons. The molecule has 4 heteroatoms. The monoisotopic (exact) mass is 301 g/mol. The maximum Gasteiger partial charge on any atom is 0.141 e. The van der Waals surface area contributed by atoms with Gasteiger partial charge in [-0.3, -0.25) is 0 Å². The molecule has 0 saturated carbocycles. The molecule has 17 heavy (non-hydrogen) atoms. The van der Waals surface area contributed by atoms with Gasteiger partial charge in [-0.05, 0) is 34.8 Å². The molecular formula is C13H17BrFNO. The molecule has 0 amide bonds. The van der Waals surface area contributed by atoms with E-state index in [-0.39, 0.29) is 11.9 Å². The molecular weight excluding hydrogens is 285 g/mol. The normalized spacial score (nSPS) is 19.7. The molecule has 1 N–H and O–H groups in total. The highest BCUT2D eigenvalue weighted by atomic mass is 79.9. The van der Waals surface area contributed by atoms with E-state index in [2.05, 4.69) is 35.1 Å². The molecule has 0 bridgehead atoms. The van der Waals surface area contributed by atoms with E-state index < -0.39 is 0 Å². The molecule has 94 valence electrons. The van der Waals surface area contributed by atoms with Gasteiger partial charge in [0.2, 0.25) is 0 Å². The van der Waals surface area contributed by atoms with Crippen LogP contribution in [0.25, 0.3) is 0 Å². The van der Waals surface area contributed by atoms with Gasteiger partial charge in [-0.25, -0.2) is 4.39 Å². The lowest BCUT2D eigenvalue weighted by Crippen LogP contribution is -2.27. The van der Waals surface area contributed by atoms with Crippen molar-refractivity contribution in [3.63, 3.8) is 0 Å². The minimum Gasteiger partial charge on any atom is -0.493 e. The highest BCUT2D eigenvalue weighted by Crippen LogP contribution is 2.35. The summed E-state index contributed by atoms with van der Waals surface area (Å²) in [6, 6.07) is 3.94. The summed E-state index contributed by atoms with van der Waals surface area (Å²) in [5.41, 5.74) is 1.05. The Bertz CT molecular complexity index is 409. The number of benzene rings is 1. The number of rotatable bonds is 2. The Balaban J connectivity index is 2.37. The summed E-state index contributed by atoms with van der Waals surface area (Å²) < 4.78 is 19.6. The first kappa shape index (κ1) is 12.8. The van der Waals surface area contributed by atoms with Crippen LogP contribution in [-0.2, 0) is 0 Å². The Labute approximate surface area is 110 Å². The molecule has 0 aromatic heterocycles. The van der Waals surface area contributed by atoms with Gasteiger partial charge in [-0.1, -0.05) is 13.8 Å². The number of hydrogen-bond acceptors (Lipinski definition) is 2. The van der Waals surface area contributed by atoms with Gasteiger partial charge >= 0.3 is 0 Å². The first-order valence-electron chi connectivity index (χ1n) is 5.95. The van der Waals surface area contributed by atoms with Crippen molar-refractivity contribution >= 4 is 15.9 Å². The average Bonchev–Trinajstić information content (AvgIpc) is 2.42. The van der Waals surface area contributed by atoms with Crippen LogP contribution in [0.1, 0.15) is 38.3 Å². The van der Waals surface area contributed by atoms with Crippen LogP contribution in [0.2, 0.25) is 0 Å². The molecule has 1 unspecified atom stereocenters. The zero-order valence-electron chi connectivity index (χ0n) is 10.1. The van der Waals surface area contributed by atoms with Gasteiger partial charge in [0.15, 0.2) is 0 Å². The van der Waals surface area contributed by atoms with Crippen molar-refractivity contribution in [3.05, 3.63) is 28.0 Å². The van der Waals surface area contributed by atoms with E-state index in [1.54, 1.807) is 0 Å². The number of nitrogens with one attached hydrogen (secondary N) is 1. The second-order valence-electron chi connectivity index (χ2n) is 4.67. The molecule has 1 heterocycles. The lowest BCUT2D eigenvalue weighted by molar-refractivity contribution is 0.313. The summed E-state index contributed by atoms with van der Waals surface area (Å²) in [4.78, 5) is 0. The highest BCUT2D eigenvalue weighted by molar-refractivity contribution is 9.10. The number of ether oxygens (including phenoxy) is 1. The van der Waals surface area contributed by atoms with E-state index in [0.29, 0.717) is 22.9 Å². The van der Waals surface area contributed by atoms with Crippen LogP contribution in [0.15, 0.2) is 16.6 Å². The Kier molecular flexibility index (Phi) is 4.05. The van der Waals surface area contributed by atoms with E-state index in [1.807, 2.05) is 6.07 Å². The molecule has 0 spiro atoms. The Morgan fingerprint density at radius 1 is 1.47 bits per heavy atom. The Morgan fingerprint density at radius 2 is 2.24 bits per heavy atom. The molecule has 1 aromatic carbocycles. The highest BCUT2D eigenvalue weighted by Gasteiger charge is 2.22. The van der Waals surface area contributed by atoms with E-state index in [1.165, 1.54) is 6.07 Å². The third kappa shape index (κ3) is 2.99. The fourth-order valence-electron chi connectivity index (χ4n) is 2.14. The van der Waals surface area contributed by atoms with Crippen molar-refractivity contribution in [1.29, 1.82) is 0 Å². The van der Waals surface area contributed by atoms with Crippen LogP contribution in [-0.4, -0.2) is 12.6 Å². The van der Waals surface area contributed by atoms with Gasteiger partial charge in [0, 0.05) is 23.7 Å². The summed E-state index contributed by atoms with van der Waals surface area (Å²) in [5, 5.41) is 3.50. The zero-order chi connectivity index (χ0) is 12.4. The van der Waals surface area contributed by atoms with E-state index >= 15 is 0 Å². The van der Waals surface area contributed by atoms with Gasteiger partial charge in [-0.2, -0.15) is 0 Å². The van der Waals surface area contributed by atoms with Gasteiger partial charge in [0.1, 0.15) is 11.6 Å². The predicted molar refractivity (Wildman–Crippen MR) is 69.8 cm³/mol. The minimum absolute atomic E-state index is 0.240.